The quantitative estimate of drug-likeness (QED) is 0.646. The zero-order valence-electron chi connectivity index (χ0n) is 12.1. The third-order valence-electron chi connectivity index (χ3n) is 3.60. The van der Waals surface area contributed by atoms with Gasteiger partial charge in [0.15, 0.2) is 0 Å². The molecule has 19 heavy (non-hydrogen) atoms. The Labute approximate surface area is 117 Å². The second kappa shape index (κ2) is 9.74. The van der Waals surface area contributed by atoms with Crippen molar-refractivity contribution >= 4 is 5.78 Å². The van der Waals surface area contributed by atoms with E-state index in [4.69, 9.17) is 5.73 Å². The number of rotatable bonds is 10. The Bertz CT molecular complexity index is 348. The van der Waals surface area contributed by atoms with E-state index < -0.39 is 0 Å². The number of carbonyl (C=O) groups excluding carboxylic acids is 1. The third kappa shape index (κ3) is 6.02. The van der Waals surface area contributed by atoms with Gasteiger partial charge >= 0.3 is 0 Å². The summed E-state index contributed by atoms with van der Waals surface area (Å²) in [5.41, 5.74) is 6.81. The van der Waals surface area contributed by atoms with Gasteiger partial charge in [-0.2, -0.15) is 0 Å². The largest absolute Gasteiger partial charge is 0.329 e. The summed E-state index contributed by atoms with van der Waals surface area (Å²) < 4.78 is 0. The van der Waals surface area contributed by atoms with Crippen molar-refractivity contribution in [2.45, 2.75) is 57.8 Å². The summed E-state index contributed by atoms with van der Waals surface area (Å²) in [6.45, 7) is 2.63. The molecule has 0 aliphatic carbocycles. The van der Waals surface area contributed by atoms with Crippen LogP contribution in [0, 0.1) is 0 Å². The maximum absolute atomic E-state index is 12.2. The van der Waals surface area contributed by atoms with Gasteiger partial charge in [-0.05, 0) is 12.0 Å². The van der Waals surface area contributed by atoms with Crippen molar-refractivity contribution in [3.05, 3.63) is 35.9 Å². The van der Waals surface area contributed by atoms with Crippen LogP contribution < -0.4 is 5.73 Å². The molecule has 0 saturated heterocycles. The molecule has 1 aromatic rings. The average molecular weight is 261 g/mol. The molecule has 0 heterocycles. The van der Waals surface area contributed by atoms with Crippen molar-refractivity contribution in [1.82, 2.24) is 0 Å². The van der Waals surface area contributed by atoms with Crippen LogP contribution in [0.5, 0.6) is 0 Å². The second-order valence-electron chi connectivity index (χ2n) is 5.18. The van der Waals surface area contributed by atoms with Gasteiger partial charge in [0, 0.05) is 13.0 Å². The lowest BCUT2D eigenvalue weighted by molar-refractivity contribution is -0.120. The first-order chi connectivity index (χ1) is 9.29. The lowest BCUT2D eigenvalue weighted by Gasteiger charge is -2.13. The van der Waals surface area contributed by atoms with Crippen molar-refractivity contribution in [2.75, 3.05) is 6.54 Å². The smallest absolute Gasteiger partial charge is 0.141 e. The maximum Gasteiger partial charge on any atom is 0.141 e. The highest BCUT2D eigenvalue weighted by molar-refractivity contribution is 5.85. The molecular weight excluding hydrogens is 234 g/mol. The molecule has 1 unspecified atom stereocenters. The van der Waals surface area contributed by atoms with Crippen LogP contribution in [0.1, 0.15) is 63.4 Å². The molecule has 0 saturated carbocycles. The normalized spacial score (nSPS) is 12.3. The average Bonchev–Trinajstić information content (AvgIpc) is 2.45. The van der Waals surface area contributed by atoms with Crippen molar-refractivity contribution < 1.29 is 4.79 Å². The highest BCUT2D eigenvalue weighted by Gasteiger charge is 2.17. The molecule has 1 rings (SSSR count). The summed E-state index contributed by atoms with van der Waals surface area (Å²) >= 11 is 0. The van der Waals surface area contributed by atoms with E-state index >= 15 is 0 Å². The summed E-state index contributed by atoms with van der Waals surface area (Å²) in [6, 6.07) is 9.90. The first-order valence-electron chi connectivity index (χ1n) is 7.57. The van der Waals surface area contributed by atoms with Gasteiger partial charge in [-0.3, -0.25) is 4.79 Å². The van der Waals surface area contributed by atoms with E-state index in [0.717, 1.165) is 18.4 Å². The molecule has 0 spiro atoms. The topological polar surface area (TPSA) is 43.1 Å². The van der Waals surface area contributed by atoms with E-state index in [1.807, 2.05) is 30.3 Å². The van der Waals surface area contributed by atoms with Crippen molar-refractivity contribution in [3.8, 4) is 0 Å². The van der Waals surface area contributed by atoms with E-state index in [1.165, 1.54) is 25.7 Å². The first kappa shape index (κ1) is 15.9. The Kier molecular flexibility index (Phi) is 8.15. The van der Waals surface area contributed by atoms with Crippen LogP contribution in [-0.4, -0.2) is 12.3 Å². The Balaban J connectivity index is 2.31. The highest BCUT2D eigenvalue weighted by Crippen LogP contribution is 2.18. The molecule has 1 aromatic carbocycles. The Morgan fingerprint density at radius 2 is 1.68 bits per heavy atom. The summed E-state index contributed by atoms with van der Waals surface area (Å²) in [5.74, 6) is 0.182. The molecule has 0 aliphatic heterocycles. The second-order valence-corrected chi connectivity index (χ2v) is 5.18. The van der Waals surface area contributed by atoms with E-state index in [2.05, 4.69) is 6.92 Å². The third-order valence-corrected chi connectivity index (χ3v) is 3.60. The SMILES string of the molecule is CCCCCCCCC(=O)C(CN)c1ccccc1. The van der Waals surface area contributed by atoms with E-state index in [0.29, 0.717) is 18.7 Å². The molecule has 0 radical (unpaired) electrons. The molecular formula is C17H27NO. The Morgan fingerprint density at radius 3 is 2.32 bits per heavy atom. The maximum atomic E-state index is 12.2. The van der Waals surface area contributed by atoms with Gasteiger partial charge < -0.3 is 5.73 Å². The van der Waals surface area contributed by atoms with E-state index in [9.17, 15) is 4.79 Å². The minimum Gasteiger partial charge on any atom is -0.329 e. The van der Waals surface area contributed by atoms with Gasteiger partial charge in [0.05, 0.1) is 5.92 Å². The molecule has 0 aromatic heterocycles. The van der Waals surface area contributed by atoms with Crippen LogP contribution in [-0.2, 0) is 4.79 Å². The summed E-state index contributed by atoms with van der Waals surface area (Å²) in [4.78, 5) is 12.2. The number of hydrogen-bond acceptors (Lipinski definition) is 2. The monoisotopic (exact) mass is 261 g/mol. The van der Waals surface area contributed by atoms with Crippen LogP contribution in [0.15, 0.2) is 30.3 Å². The number of unbranched alkanes of at least 4 members (excludes halogenated alkanes) is 5. The summed E-state index contributed by atoms with van der Waals surface area (Å²) in [6.07, 6.45) is 7.96. The highest BCUT2D eigenvalue weighted by atomic mass is 16.1. The standard InChI is InChI=1S/C17H27NO/c1-2-3-4-5-6-10-13-17(19)16(14-18)15-11-8-7-9-12-15/h7-9,11-12,16H,2-6,10,13-14,18H2,1H3. The van der Waals surface area contributed by atoms with Crippen molar-refractivity contribution in [2.24, 2.45) is 5.73 Å². The van der Waals surface area contributed by atoms with Crippen LogP contribution in [0.4, 0.5) is 0 Å². The Hall–Kier alpha value is -1.15. The van der Waals surface area contributed by atoms with Gasteiger partial charge in [-0.25, -0.2) is 0 Å². The van der Waals surface area contributed by atoms with Gasteiger partial charge in [0.1, 0.15) is 5.78 Å². The number of Topliss-reactive ketones (excluding diaryl/α,β-unsaturated/α-hetero) is 1. The number of benzene rings is 1. The lowest BCUT2D eigenvalue weighted by Crippen LogP contribution is -2.21. The lowest BCUT2D eigenvalue weighted by atomic mass is 9.92. The molecule has 1 atom stereocenters. The fourth-order valence-corrected chi connectivity index (χ4v) is 2.39. The van der Waals surface area contributed by atoms with Crippen LogP contribution in [0.2, 0.25) is 0 Å². The zero-order chi connectivity index (χ0) is 13.9. The van der Waals surface area contributed by atoms with Gasteiger partial charge in [0.25, 0.3) is 0 Å². The van der Waals surface area contributed by atoms with E-state index in [1.54, 1.807) is 0 Å². The predicted molar refractivity (Wildman–Crippen MR) is 81.2 cm³/mol. The Morgan fingerprint density at radius 1 is 1.05 bits per heavy atom. The van der Waals surface area contributed by atoms with Crippen LogP contribution >= 0.6 is 0 Å². The fourth-order valence-electron chi connectivity index (χ4n) is 2.39. The molecule has 2 nitrogen and oxygen atoms in total. The minimum atomic E-state index is -0.114. The zero-order valence-corrected chi connectivity index (χ0v) is 12.1. The van der Waals surface area contributed by atoms with Crippen molar-refractivity contribution in [3.63, 3.8) is 0 Å². The molecule has 0 fully saturated rings. The molecule has 106 valence electrons. The summed E-state index contributed by atoms with van der Waals surface area (Å²) in [7, 11) is 0. The molecule has 0 aliphatic rings. The first-order valence-corrected chi connectivity index (χ1v) is 7.57. The minimum absolute atomic E-state index is 0.114. The summed E-state index contributed by atoms with van der Waals surface area (Å²) in [5, 5.41) is 0. The predicted octanol–water partition coefficient (Wildman–Crippen LogP) is 4.05. The number of ketones is 1. The van der Waals surface area contributed by atoms with E-state index in [-0.39, 0.29) is 5.92 Å². The molecule has 2 heteroatoms. The number of hydrogen-bond donors (Lipinski definition) is 1. The van der Waals surface area contributed by atoms with Gasteiger partial charge in [-0.15, -0.1) is 0 Å². The van der Waals surface area contributed by atoms with Crippen molar-refractivity contribution in [1.29, 1.82) is 0 Å². The molecule has 0 bridgehead atoms. The van der Waals surface area contributed by atoms with Crippen LogP contribution in [0.3, 0.4) is 0 Å². The molecule has 0 amide bonds. The van der Waals surface area contributed by atoms with Gasteiger partial charge in [-0.1, -0.05) is 69.4 Å². The molecule has 2 N–H and O–H groups in total. The fraction of sp³-hybridized carbons (Fsp3) is 0.588. The van der Waals surface area contributed by atoms with Gasteiger partial charge in [0.2, 0.25) is 0 Å². The number of carbonyl (C=O) groups is 1. The number of nitrogens with two attached hydrogens (primary N) is 1. The van der Waals surface area contributed by atoms with Crippen LogP contribution in [0.25, 0.3) is 0 Å².